The quantitative estimate of drug-likeness (QED) is 0.166. The second-order valence-corrected chi connectivity index (χ2v) is 28.1. The molecule has 6 nitrogen and oxygen atoms in total. The van der Waals surface area contributed by atoms with Crippen LogP contribution in [0.15, 0.2) is 54.6 Å². The van der Waals surface area contributed by atoms with E-state index in [1.165, 1.54) is 78.0 Å². The smallest absolute Gasteiger partial charge is 0.309 e. The summed E-state index contributed by atoms with van der Waals surface area (Å²) in [4.78, 5) is 14.4. The summed E-state index contributed by atoms with van der Waals surface area (Å²) >= 11 is 0. The molecule has 0 amide bonds. The zero-order chi connectivity index (χ0) is 49.5. The molecule has 1 saturated heterocycles. The Morgan fingerprint density at radius 1 is 0.847 bits per heavy atom. The zero-order valence-corrected chi connectivity index (χ0v) is 44.4. The molecule has 6 heteroatoms. The second kappa shape index (κ2) is 15.7. The monoisotopic (exact) mass is 973 g/mol. The molecule has 3 aromatic carbocycles. The van der Waals surface area contributed by atoms with Crippen molar-refractivity contribution in [2.24, 2.45) is 73.4 Å². The van der Waals surface area contributed by atoms with Crippen molar-refractivity contribution in [2.75, 3.05) is 13.7 Å². The number of rotatable bonds is 11. The first kappa shape index (κ1) is 47.3. The van der Waals surface area contributed by atoms with Gasteiger partial charge in [-0.25, -0.2) is 0 Å². The molecule has 8 fully saturated rings. The van der Waals surface area contributed by atoms with Crippen LogP contribution in [0.2, 0.25) is 0 Å². The molecule has 384 valence electrons. The van der Waals surface area contributed by atoms with Crippen LogP contribution in [0.1, 0.15) is 190 Å². The third kappa shape index (κ3) is 5.52. The van der Waals surface area contributed by atoms with E-state index in [1.807, 2.05) is 0 Å². The minimum Gasteiger partial charge on any atom is -0.481 e. The van der Waals surface area contributed by atoms with Gasteiger partial charge in [-0.2, -0.15) is 0 Å². The van der Waals surface area contributed by atoms with Crippen molar-refractivity contribution in [3.05, 3.63) is 82.4 Å². The fraction of sp³-hybridized carbons (Fsp3) is 0.712. The van der Waals surface area contributed by atoms with Crippen molar-refractivity contribution < 1.29 is 29.6 Å². The lowest BCUT2D eigenvalue weighted by atomic mass is 9.15. The van der Waals surface area contributed by atoms with Gasteiger partial charge < -0.3 is 24.8 Å². The summed E-state index contributed by atoms with van der Waals surface area (Å²) in [6.07, 6.45) is 22.6. The van der Waals surface area contributed by atoms with Crippen molar-refractivity contribution in [3.63, 3.8) is 0 Å². The number of aliphatic hydroxyl groups is 2. The average molecular weight is 973 g/mol. The lowest BCUT2D eigenvalue weighted by Gasteiger charge is -2.88. The minimum atomic E-state index is -1.39. The van der Waals surface area contributed by atoms with Gasteiger partial charge in [0.2, 0.25) is 0 Å². The number of hydrogen-bond acceptors (Lipinski definition) is 5. The molecule has 3 aromatic rings. The number of aliphatic hydroxyl groups excluding tert-OH is 1. The van der Waals surface area contributed by atoms with Crippen LogP contribution in [-0.4, -0.2) is 53.0 Å². The Balaban J connectivity index is 1.05. The number of carbonyl (C=O) groups is 1. The Hall–Kier alpha value is -3.21. The molecule has 17 unspecified atom stereocenters. The van der Waals surface area contributed by atoms with E-state index in [-0.39, 0.29) is 63.8 Å². The van der Waals surface area contributed by atoms with E-state index in [9.17, 15) is 20.1 Å². The number of hydrogen-bond donors (Lipinski definition) is 3. The Kier molecular flexibility index (Phi) is 10.3. The van der Waals surface area contributed by atoms with E-state index < -0.39 is 39.5 Å². The number of fused-ring (bicyclic) bond motifs is 4. The third-order valence-electron chi connectivity index (χ3n) is 25.9. The van der Waals surface area contributed by atoms with Crippen LogP contribution in [-0.2, 0) is 38.9 Å². The van der Waals surface area contributed by atoms with Gasteiger partial charge in [0.25, 0.3) is 0 Å². The van der Waals surface area contributed by atoms with E-state index >= 15 is 0 Å². The average Bonchev–Trinajstić information content (AvgIpc) is 3.94. The first-order chi connectivity index (χ1) is 34.6. The second-order valence-electron chi connectivity index (χ2n) is 28.1. The van der Waals surface area contributed by atoms with Gasteiger partial charge in [0.05, 0.1) is 24.2 Å². The Morgan fingerprint density at radius 3 is 2.40 bits per heavy atom. The molecule has 7 saturated carbocycles. The molecule has 5 spiro atoms. The SMILES string of the molecule is CCCC1C2(O)CC(O)C3C1(CCC14C#CCC(CCC5CCCC5)CCC56C7C(C8CC59CC31Cc1ccc3cccc8c3c19)C(C)(C(=O)O)CCC7(C)CCC46C)C(Cc1ccc(CCOC)cc1)O2. The lowest BCUT2D eigenvalue weighted by molar-refractivity contribution is -0.367. The van der Waals surface area contributed by atoms with E-state index in [2.05, 4.69) is 94.1 Å². The van der Waals surface area contributed by atoms with Gasteiger partial charge in [0, 0.05) is 48.0 Å². The Labute approximate surface area is 430 Å². The fourth-order valence-corrected chi connectivity index (χ4v) is 23.6. The summed E-state index contributed by atoms with van der Waals surface area (Å²) in [5.74, 6) is 8.37. The maximum atomic E-state index is 14.4. The number of ether oxygens (including phenoxy) is 2. The number of aliphatic carboxylic acids is 1. The Morgan fingerprint density at radius 2 is 1.62 bits per heavy atom. The highest BCUT2D eigenvalue weighted by Gasteiger charge is 2.90. The lowest BCUT2D eigenvalue weighted by Crippen LogP contribution is -2.85. The predicted octanol–water partition coefficient (Wildman–Crippen LogP) is 13.3. The summed E-state index contributed by atoms with van der Waals surface area (Å²) in [6.45, 7) is 10.6. The molecule has 10 aliphatic carbocycles. The fourth-order valence-electron chi connectivity index (χ4n) is 23.6. The largest absolute Gasteiger partial charge is 0.481 e. The first-order valence-electron chi connectivity index (χ1n) is 29.6. The molecule has 7 bridgehead atoms. The number of carboxylic acid groups (broad SMARTS) is 1. The van der Waals surface area contributed by atoms with Crippen LogP contribution in [0.3, 0.4) is 0 Å². The van der Waals surface area contributed by atoms with Gasteiger partial charge in [0.1, 0.15) is 0 Å². The minimum absolute atomic E-state index is 0.0110. The Bertz CT molecular complexity index is 2780. The van der Waals surface area contributed by atoms with Crippen LogP contribution in [0.4, 0.5) is 0 Å². The summed E-state index contributed by atoms with van der Waals surface area (Å²) < 4.78 is 12.8. The summed E-state index contributed by atoms with van der Waals surface area (Å²) in [7, 11) is 1.77. The number of benzene rings is 3. The highest BCUT2D eigenvalue weighted by Crippen LogP contribution is 2.93. The molecule has 11 aliphatic rings. The molecule has 3 N–H and O–H groups in total. The van der Waals surface area contributed by atoms with Crippen LogP contribution in [0, 0.1) is 85.3 Å². The molecular formula is C66H84O6. The molecular weight excluding hydrogens is 889 g/mol. The van der Waals surface area contributed by atoms with Crippen LogP contribution < -0.4 is 0 Å². The third-order valence-corrected chi connectivity index (χ3v) is 25.9. The van der Waals surface area contributed by atoms with E-state index in [0.29, 0.717) is 18.9 Å². The topological polar surface area (TPSA) is 96.2 Å². The maximum absolute atomic E-state index is 14.4. The molecule has 1 aliphatic heterocycles. The highest BCUT2D eigenvalue weighted by molar-refractivity contribution is 5.94. The number of carboxylic acids is 1. The van der Waals surface area contributed by atoms with Crippen molar-refractivity contribution in [2.45, 2.75) is 205 Å². The molecule has 17 atom stereocenters. The van der Waals surface area contributed by atoms with Crippen molar-refractivity contribution in [3.8, 4) is 11.8 Å². The van der Waals surface area contributed by atoms with Gasteiger partial charge in [0.15, 0.2) is 5.79 Å². The standard InChI is InChI=1S/C66H84O6/c1-6-11-50-64-34-33-63-27-10-14-42(18-17-41-12-7-8-13-41)25-28-65-56-54(59(3,57(68)69)31-29-58(56,2)30-32-60(63,65)4)48-38-61(65)40-62(63,37-46-24-23-45-15-9-16-47(48)52(45)53(46)61)55(64)49(67)39-66(50,70)72-51(64)36-44-21-19-43(20-22-44)26-35-71-5/h9,15-16,19-24,41-42,48-51,54-56,67,70H,6-8,11-14,17-18,25-26,28-40H2,1-5H3,(H,68,69). The zero-order valence-electron chi connectivity index (χ0n) is 44.4. The van der Waals surface area contributed by atoms with E-state index in [0.717, 1.165) is 95.8 Å². The van der Waals surface area contributed by atoms with Gasteiger partial charge in [-0.05, 0) is 193 Å². The molecule has 0 radical (unpaired) electrons. The van der Waals surface area contributed by atoms with Gasteiger partial charge >= 0.3 is 5.97 Å². The van der Waals surface area contributed by atoms with Gasteiger partial charge in [-0.15, -0.1) is 5.92 Å². The van der Waals surface area contributed by atoms with Crippen molar-refractivity contribution in [1.29, 1.82) is 0 Å². The molecule has 0 aromatic heterocycles. The van der Waals surface area contributed by atoms with Gasteiger partial charge in [-0.1, -0.05) is 120 Å². The van der Waals surface area contributed by atoms with Crippen LogP contribution in [0.25, 0.3) is 10.8 Å². The van der Waals surface area contributed by atoms with Crippen LogP contribution in [0.5, 0.6) is 0 Å². The van der Waals surface area contributed by atoms with Crippen LogP contribution >= 0.6 is 0 Å². The van der Waals surface area contributed by atoms with Crippen molar-refractivity contribution in [1.82, 2.24) is 0 Å². The summed E-state index contributed by atoms with van der Waals surface area (Å²) in [6, 6.07) is 21.1. The molecule has 72 heavy (non-hydrogen) atoms. The summed E-state index contributed by atoms with van der Waals surface area (Å²) in [5, 5.41) is 41.6. The maximum Gasteiger partial charge on any atom is 0.309 e. The number of methoxy groups -OCH3 is 1. The van der Waals surface area contributed by atoms with Crippen molar-refractivity contribution >= 4 is 16.7 Å². The van der Waals surface area contributed by atoms with Gasteiger partial charge in [-0.3, -0.25) is 4.79 Å². The summed E-state index contributed by atoms with van der Waals surface area (Å²) in [5.41, 5.74) is 4.27. The highest BCUT2D eigenvalue weighted by atomic mass is 16.6. The molecule has 1 heterocycles. The van der Waals surface area contributed by atoms with E-state index in [1.54, 1.807) is 12.7 Å². The first-order valence-corrected chi connectivity index (χ1v) is 29.6. The molecule has 14 rings (SSSR count). The van der Waals surface area contributed by atoms with E-state index in [4.69, 9.17) is 9.47 Å². The predicted molar refractivity (Wildman–Crippen MR) is 282 cm³/mol. The normalized spacial score (nSPS) is 47.7.